The number of carbonyl (C=O) groups is 3. The van der Waals surface area contributed by atoms with Crippen molar-refractivity contribution in [2.75, 3.05) is 6.54 Å². The maximum absolute atomic E-state index is 14.0. The number of aromatic nitrogens is 1. The zero-order valence-electron chi connectivity index (χ0n) is 19.3. The number of hydrogen-bond donors (Lipinski definition) is 4. The molecule has 2 unspecified atom stereocenters. The van der Waals surface area contributed by atoms with Gasteiger partial charge in [0, 0.05) is 36.2 Å². The molecule has 2 aliphatic rings. The normalized spacial score (nSPS) is 23.5. The number of para-hydroxylation sites is 1. The number of halogens is 2. The van der Waals surface area contributed by atoms with Crippen molar-refractivity contribution >= 4 is 37.2 Å². The molecule has 2 heterocycles. The second-order valence-corrected chi connectivity index (χ2v) is 12.2. The number of fused-ring (bicyclic) bond motifs is 1. The minimum Gasteiger partial charge on any atom is -0.370 e. The molecule has 0 spiro atoms. The molecule has 1 aromatic carbocycles. The first-order valence-corrected chi connectivity index (χ1v) is 13.8. The van der Waals surface area contributed by atoms with E-state index in [1.54, 1.807) is 6.07 Å². The molecule has 2 fully saturated rings. The van der Waals surface area contributed by atoms with Gasteiger partial charge in [0.2, 0.25) is 26.3 Å². The van der Waals surface area contributed by atoms with Crippen LogP contribution in [0, 0.1) is 17.2 Å². The van der Waals surface area contributed by atoms with E-state index >= 15 is 0 Å². The van der Waals surface area contributed by atoms with Crippen LogP contribution in [0.3, 0.4) is 0 Å². The Balaban J connectivity index is 1.51. The predicted octanol–water partition coefficient (Wildman–Crippen LogP) is 3.30. The lowest BCUT2D eigenvalue weighted by atomic mass is 9.99. The number of nitrogens with zero attached hydrogens (tertiary/aromatic N) is 1. The molecule has 35 heavy (non-hydrogen) atoms. The monoisotopic (exact) mass is 501 g/mol. The van der Waals surface area contributed by atoms with E-state index in [0.29, 0.717) is 19.4 Å². The van der Waals surface area contributed by atoms with Crippen molar-refractivity contribution in [1.82, 2.24) is 20.6 Å². The maximum atomic E-state index is 14.0. The average molecular weight is 502 g/mol. The molecule has 8 nitrogen and oxygen atoms in total. The van der Waals surface area contributed by atoms with Gasteiger partial charge in [-0.15, -0.1) is 0 Å². The molecule has 1 aromatic heterocycles. The molecule has 0 radical (unpaired) electrons. The summed E-state index contributed by atoms with van der Waals surface area (Å²) in [6.45, 7) is 0.532. The summed E-state index contributed by atoms with van der Waals surface area (Å²) in [6.07, 6.45) is 0.999. The van der Waals surface area contributed by atoms with Gasteiger partial charge in [-0.25, -0.2) is 8.78 Å². The first-order valence-electron chi connectivity index (χ1n) is 12.0. The number of rotatable bonds is 7. The van der Waals surface area contributed by atoms with E-state index in [0.717, 1.165) is 10.9 Å². The number of nitriles is 1. The molecule has 3 amide bonds. The highest BCUT2D eigenvalue weighted by atomic mass is 28.3. The molecular formula is C24H29F2N5O3Si. The lowest BCUT2D eigenvalue weighted by Crippen LogP contribution is -2.55. The molecule has 11 heteroatoms. The van der Waals surface area contributed by atoms with Crippen molar-refractivity contribution in [3.05, 3.63) is 36.0 Å². The molecule has 1 saturated carbocycles. The van der Waals surface area contributed by atoms with E-state index < -0.39 is 32.4 Å². The summed E-state index contributed by atoms with van der Waals surface area (Å²) in [5.74, 6) is -3.76. The van der Waals surface area contributed by atoms with Gasteiger partial charge in [-0.3, -0.25) is 14.4 Å². The van der Waals surface area contributed by atoms with Crippen LogP contribution in [0.2, 0.25) is 5.54 Å². The minimum atomic E-state index is -2.86. The van der Waals surface area contributed by atoms with Gasteiger partial charge in [0.25, 0.3) is 5.91 Å². The molecule has 4 atom stereocenters. The molecule has 4 N–H and O–H groups in total. The summed E-state index contributed by atoms with van der Waals surface area (Å²) in [7, 11) is -2.86. The van der Waals surface area contributed by atoms with E-state index in [2.05, 4.69) is 20.6 Å². The maximum Gasteiger partial charge on any atom is 0.260 e. The number of amides is 3. The van der Waals surface area contributed by atoms with Gasteiger partial charge >= 0.3 is 0 Å². The molecule has 186 valence electrons. The van der Waals surface area contributed by atoms with Gasteiger partial charge in [-0.2, -0.15) is 5.26 Å². The Morgan fingerprint density at radius 3 is 2.74 bits per heavy atom. The Morgan fingerprint density at radius 1 is 1.23 bits per heavy atom. The number of carbonyl (C=O) groups excluding carboxylic acids is 3. The first kappa shape index (κ1) is 24.8. The zero-order valence-corrected chi connectivity index (χ0v) is 20.4. The highest BCUT2D eigenvalue weighted by molar-refractivity contribution is 6.90. The quantitative estimate of drug-likeness (QED) is 0.343. The lowest BCUT2D eigenvalue weighted by molar-refractivity contribution is -0.122. The van der Waals surface area contributed by atoms with Crippen LogP contribution in [0.5, 0.6) is 0 Å². The fourth-order valence-electron chi connectivity index (χ4n) is 4.99. The molecular weight excluding hydrogens is 472 g/mol. The third kappa shape index (κ3) is 6.06. The lowest BCUT2D eigenvalue weighted by Gasteiger charge is -2.26. The summed E-state index contributed by atoms with van der Waals surface area (Å²) in [6, 6.07) is 10.2. The highest BCUT2D eigenvalue weighted by Crippen LogP contribution is 2.38. The second kappa shape index (κ2) is 10.6. The number of hydrogen-bond acceptors (Lipinski definition) is 4. The van der Waals surface area contributed by atoms with Crippen molar-refractivity contribution in [2.45, 2.75) is 62.5 Å². The van der Waals surface area contributed by atoms with Gasteiger partial charge in [-0.05, 0) is 43.4 Å². The van der Waals surface area contributed by atoms with Crippen LogP contribution >= 0.6 is 0 Å². The van der Waals surface area contributed by atoms with Crippen molar-refractivity contribution in [3.8, 4) is 6.07 Å². The van der Waals surface area contributed by atoms with Gasteiger partial charge in [-0.1, -0.05) is 24.6 Å². The predicted molar refractivity (Wildman–Crippen MR) is 128 cm³/mol. The van der Waals surface area contributed by atoms with Crippen molar-refractivity contribution in [1.29, 1.82) is 5.26 Å². The Morgan fingerprint density at radius 2 is 2.03 bits per heavy atom. The molecule has 0 bridgehead atoms. The van der Waals surface area contributed by atoms with Crippen molar-refractivity contribution in [2.24, 2.45) is 5.92 Å². The van der Waals surface area contributed by atoms with Crippen LogP contribution in [0.25, 0.3) is 10.9 Å². The summed E-state index contributed by atoms with van der Waals surface area (Å²) >= 11 is 0. The van der Waals surface area contributed by atoms with Crippen LogP contribution in [-0.2, 0) is 4.79 Å². The molecule has 4 rings (SSSR count). The molecule has 1 aliphatic heterocycles. The fraction of sp³-hybridized carbons (Fsp3) is 0.500. The van der Waals surface area contributed by atoms with E-state index in [1.165, 1.54) is 0 Å². The van der Waals surface area contributed by atoms with Crippen LogP contribution in [0.15, 0.2) is 30.3 Å². The minimum absolute atomic E-state index is 0.131. The third-order valence-corrected chi connectivity index (χ3v) is 9.88. The third-order valence-electron chi connectivity index (χ3n) is 6.97. The van der Waals surface area contributed by atoms with E-state index in [9.17, 15) is 28.4 Å². The Kier molecular flexibility index (Phi) is 7.50. The summed E-state index contributed by atoms with van der Waals surface area (Å²) in [5, 5.41) is 15.9. The van der Waals surface area contributed by atoms with E-state index in [1.807, 2.05) is 30.3 Å². The number of benzene rings is 1. The first-order chi connectivity index (χ1) is 16.8. The van der Waals surface area contributed by atoms with Gasteiger partial charge in [0.1, 0.15) is 11.7 Å². The number of alkyl halides is 2. The second-order valence-electron chi connectivity index (χ2n) is 9.47. The van der Waals surface area contributed by atoms with Crippen molar-refractivity contribution in [3.63, 3.8) is 0 Å². The molecule has 1 aliphatic carbocycles. The van der Waals surface area contributed by atoms with Gasteiger partial charge in [0.15, 0.2) is 0 Å². The number of aromatic amines is 1. The number of nitrogens with one attached hydrogen (secondary N) is 4. The Hall–Kier alpha value is -3.26. The van der Waals surface area contributed by atoms with Crippen LogP contribution in [-0.4, -0.2) is 49.8 Å². The average Bonchev–Trinajstić information content (AvgIpc) is 3.40. The Bertz CT molecular complexity index is 1110. The van der Waals surface area contributed by atoms with Gasteiger partial charge < -0.3 is 20.6 Å². The Labute approximate surface area is 203 Å². The SMILES string of the molecule is N#C[C@H](CC1CCNC1=O)NC(=O)[Si@@H](NC(=O)c1cc2ccccc2[nH]1)C1CCCC(F)(F)CC1. The standard InChI is InChI=1S/C24H29F2N5O3Si/c25-24(26)9-3-5-18(7-10-24)35(23(34)29-17(14-27)12-16-8-11-28-21(16)32)31-22(33)20-13-15-4-1-2-6-19(15)30-20/h1-2,4,6,13,16-18,30,35H,3,5,7-12H2,(H,28,32)(H,29,34)(H,31,33)/t16?,17-,18?,35-/m0/s1. The summed E-state index contributed by atoms with van der Waals surface area (Å²) in [5.41, 5.74) is 0.226. The smallest absolute Gasteiger partial charge is 0.260 e. The zero-order chi connectivity index (χ0) is 25.0. The summed E-state index contributed by atoms with van der Waals surface area (Å²) in [4.78, 5) is 44.3. The van der Waals surface area contributed by atoms with Gasteiger partial charge in [0.05, 0.1) is 6.07 Å². The summed E-state index contributed by atoms with van der Waals surface area (Å²) < 4.78 is 28.0. The van der Waals surface area contributed by atoms with Crippen LogP contribution in [0.4, 0.5) is 13.6 Å². The largest absolute Gasteiger partial charge is 0.370 e. The van der Waals surface area contributed by atoms with E-state index in [-0.39, 0.29) is 55.2 Å². The van der Waals surface area contributed by atoms with E-state index in [4.69, 9.17) is 0 Å². The molecule has 1 saturated heterocycles. The van der Waals surface area contributed by atoms with Crippen molar-refractivity contribution < 1.29 is 23.2 Å². The highest BCUT2D eigenvalue weighted by Gasteiger charge is 2.40. The van der Waals surface area contributed by atoms with Crippen LogP contribution < -0.4 is 15.6 Å². The fourth-order valence-corrected chi connectivity index (χ4v) is 7.68. The van der Waals surface area contributed by atoms with Crippen LogP contribution in [0.1, 0.15) is 55.4 Å². The molecule has 2 aromatic rings. The number of H-pyrrole nitrogens is 1. The topological polar surface area (TPSA) is 127 Å².